The van der Waals surface area contributed by atoms with E-state index in [1.165, 1.54) is 16.6 Å². The van der Waals surface area contributed by atoms with Crippen LogP contribution in [0.15, 0.2) is 17.2 Å². The van der Waals surface area contributed by atoms with Crippen LogP contribution in [0.3, 0.4) is 0 Å². The van der Waals surface area contributed by atoms with Crippen molar-refractivity contribution in [3.63, 3.8) is 0 Å². The summed E-state index contributed by atoms with van der Waals surface area (Å²) in [6, 6.07) is 1.45. The van der Waals surface area contributed by atoms with Crippen LogP contribution in [0.5, 0.6) is 0 Å². The average Bonchev–Trinajstić information content (AvgIpc) is 2.38. The number of halogens is 1. The molecule has 5 nitrogen and oxygen atoms in total. The SMILES string of the molecule is CNc1ncc(S(=O)(=O)N2CCC(C)(C)CC2)cc1Cl. The van der Waals surface area contributed by atoms with Crippen LogP contribution in [0.1, 0.15) is 26.7 Å². The molecule has 20 heavy (non-hydrogen) atoms. The minimum Gasteiger partial charge on any atom is -0.372 e. The molecule has 1 aliphatic heterocycles. The minimum atomic E-state index is -3.50. The second-order valence-electron chi connectivity index (χ2n) is 5.82. The molecule has 1 aromatic heterocycles. The molecule has 2 heterocycles. The fourth-order valence-corrected chi connectivity index (χ4v) is 3.97. The van der Waals surface area contributed by atoms with E-state index in [0.29, 0.717) is 23.9 Å². The van der Waals surface area contributed by atoms with Gasteiger partial charge < -0.3 is 5.32 Å². The van der Waals surface area contributed by atoms with Crippen LogP contribution in [0.25, 0.3) is 0 Å². The summed E-state index contributed by atoms with van der Waals surface area (Å²) in [5, 5.41) is 3.12. The number of pyridine rings is 1. The zero-order chi connectivity index (χ0) is 15.0. The molecular formula is C13H20ClN3O2S. The van der Waals surface area contributed by atoms with E-state index in [2.05, 4.69) is 24.1 Å². The molecule has 0 radical (unpaired) electrons. The minimum absolute atomic E-state index is 0.154. The van der Waals surface area contributed by atoms with E-state index in [4.69, 9.17) is 11.6 Å². The van der Waals surface area contributed by atoms with Gasteiger partial charge in [-0.2, -0.15) is 4.31 Å². The number of anilines is 1. The van der Waals surface area contributed by atoms with Gasteiger partial charge >= 0.3 is 0 Å². The molecule has 0 amide bonds. The normalized spacial score (nSPS) is 19.8. The van der Waals surface area contributed by atoms with Crippen LogP contribution in [-0.2, 0) is 10.0 Å². The van der Waals surface area contributed by atoms with Gasteiger partial charge in [0.25, 0.3) is 0 Å². The van der Waals surface area contributed by atoms with E-state index >= 15 is 0 Å². The average molecular weight is 318 g/mol. The first-order valence-corrected chi connectivity index (χ1v) is 8.41. The first-order valence-electron chi connectivity index (χ1n) is 6.60. The van der Waals surface area contributed by atoms with Crippen LogP contribution in [0.4, 0.5) is 5.82 Å². The zero-order valence-corrected chi connectivity index (χ0v) is 13.6. The molecule has 7 heteroatoms. The van der Waals surface area contributed by atoms with E-state index < -0.39 is 10.0 Å². The highest BCUT2D eigenvalue weighted by molar-refractivity contribution is 7.89. The number of aromatic nitrogens is 1. The summed E-state index contributed by atoms with van der Waals surface area (Å²) >= 11 is 6.01. The van der Waals surface area contributed by atoms with E-state index in [1.807, 2.05) is 0 Å². The van der Waals surface area contributed by atoms with Gasteiger partial charge in [0.15, 0.2) is 0 Å². The Morgan fingerprint density at radius 1 is 1.35 bits per heavy atom. The standard InChI is InChI=1S/C13H20ClN3O2S/c1-13(2)4-6-17(7-5-13)20(18,19)10-8-11(14)12(15-3)16-9-10/h8-9H,4-7H2,1-3H3,(H,15,16). The van der Waals surface area contributed by atoms with Gasteiger partial charge in [0.1, 0.15) is 10.7 Å². The van der Waals surface area contributed by atoms with Gasteiger partial charge in [-0.15, -0.1) is 0 Å². The molecule has 1 N–H and O–H groups in total. The molecule has 1 aromatic rings. The maximum atomic E-state index is 12.6. The third-order valence-electron chi connectivity index (χ3n) is 3.77. The topological polar surface area (TPSA) is 62.3 Å². The Bertz CT molecular complexity index is 592. The summed E-state index contributed by atoms with van der Waals surface area (Å²) in [5.41, 5.74) is 0.206. The molecule has 0 spiro atoms. The maximum Gasteiger partial charge on any atom is 0.244 e. The fourth-order valence-electron chi connectivity index (χ4n) is 2.23. The van der Waals surface area contributed by atoms with E-state index in [9.17, 15) is 8.42 Å². The van der Waals surface area contributed by atoms with E-state index in [1.54, 1.807) is 7.05 Å². The highest BCUT2D eigenvalue weighted by Gasteiger charge is 2.33. The second kappa shape index (κ2) is 5.50. The Hall–Kier alpha value is -0.850. The maximum absolute atomic E-state index is 12.6. The largest absolute Gasteiger partial charge is 0.372 e. The third-order valence-corrected chi connectivity index (χ3v) is 5.92. The van der Waals surface area contributed by atoms with Crippen LogP contribution in [-0.4, -0.2) is 37.8 Å². The van der Waals surface area contributed by atoms with Gasteiger partial charge in [-0.25, -0.2) is 13.4 Å². The van der Waals surface area contributed by atoms with Crippen LogP contribution in [0, 0.1) is 5.41 Å². The second-order valence-corrected chi connectivity index (χ2v) is 8.16. The zero-order valence-electron chi connectivity index (χ0n) is 12.0. The summed E-state index contributed by atoms with van der Waals surface area (Å²) < 4.78 is 26.6. The van der Waals surface area contributed by atoms with Gasteiger partial charge in [0.05, 0.1) is 5.02 Å². The van der Waals surface area contributed by atoms with E-state index in [0.717, 1.165) is 12.8 Å². The van der Waals surface area contributed by atoms with Crippen molar-refractivity contribution in [3.05, 3.63) is 17.3 Å². The summed E-state index contributed by atoms with van der Waals surface area (Å²) in [6.07, 6.45) is 3.08. The van der Waals surface area contributed by atoms with Gasteiger partial charge in [-0.05, 0) is 24.3 Å². The molecule has 0 saturated carbocycles. The molecule has 0 atom stereocenters. The Labute approximate surface area is 125 Å². The molecule has 1 aliphatic rings. The lowest BCUT2D eigenvalue weighted by atomic mass is 9.83. The summed E-state index contributed by atoms with van der Waals surface area (Å²) in [4.78, 5) is 4.19. The number of nitrogens with one attached hydrogen (secondary N) is 1. The fraction of sp³-hybridized carbons (Fsp3) is 0.615. The number of nitrogens with zero attached hydrogens (tertiary/aromatic N) is 2. The molecule has 1 fully saturated rings. The molecule has 1 saturated heterocycles. The van der Waals surface area contributed by atoms with Crippen molar-refractivity contribution in [2.45, 2.75) is 31.6 Å². The van der Waals surface area contributed by atoms with Gasteiger partial charge in [-0.1, -0.05) is 25.4 Å². The Balaban J connectivity index is 2.25. The van der Waals surface area contributed by atoms with Crippen molar-refractivity contribution in [2.24, 2.45) is 5.41 Å². The monoisotopic (exact) mass is 317 g/mol. The summed E-state index contributed by atoms with van der Waals surface area (Å²) in [5.74, 6) is 0.477. The molecule has 2 rings (SSSR count). The number of piperidine rings is 1. The summed E-state index contributed by atoms with van der Waals surface area (Å²) in [6.45, 7) is 5.41. The molecular weight excluding hydrogens is 298 g/mol. The van der Waals surface area contributed by atoms with Crippen molar-refractivity contribution < 1.29 is 8.42 Å². The van der Waals surface area contributed by atoms with Crippen LogP contribution < -0.4 is 5.32 Å². The first kappa shape index (κ1) is 15.5. The van der Waals surface area contributed by atoms with Crippen molar-refractivity contribution in [2.75, 3.05) is 25.5 Å². The number of sulfonamides is 1. The predicted molar refractivity (Wildman–Crippen MR) is 80.6 cm³/mol. The van der Waals surface area contributed by atoms with Crippen molar-refractivity contribution in [3.8, 4) is 0 Å². The van der Waals surface area contributed by atoms with Crippen molar-refractivity contribution in [1.29, 1.82) is 0 Å². The third kappa shape index (κ3) is 3.07. The Morgan fingerprint density at radius 2 is 1.95 bits per heavy atom. The van der Waals surface area contributed by atoms with Gasteiger partial charge in [-0.3, -0.25) is 0 Å². The lowest BCUT2D eigenvalue weighted by molar-refractivity contribution is 0.196. The molecule has 0 aliphatic carbocycles. The lowest BCUT2D eigenvalue weighted by Gasteiger charge is -2.36. The first-order chi connectivity index (χ1) is 9.26. The Kier molecular flexibility index (Phi) is 4.27. The Morgan fingerprint density at radius 3 is 2.45 bits per heavy atom. The van der Waals surface area contributed by atoms with E-state index in [-0.39, 0.29) is 10.3 Å². The molecule has 0 bridgehead atoms. The molecule has 0 aromatic carbocycles. The van der Waals surface area contributed by atoms with Crippen molar-refractivity contribution in [1.82, 2.24) is 9.29 Å². The lowest BCUT2D eigenvalue weighted by Crippen LogP contribution is -2.41. The van der Waals surface area contributed by atoms with Crippen molar-refractivity contribution >= 4 is 27.4 Å². The smallest absolute Gasteiger partial charge is 0.244 e. The number of hydrogen-bond acceptors (Lipinski definition) is 4. The van der Waals surface area contributed by atoms with Crippen LogP contribution >= 0.6 is 11.6 Å². The van der Waals surface area contributed by atoms with Gasteiger partial charge in [0, 0.05) is 26.3 Å². The highest BCUT2D eigenvalue weighted by atomic mass is 35.5. The summed E-state index contributed by atoms with van der Waals surface area (Å²) in [7, 11) is -1.81. The molecule has 112 valence electrons. The highest BCUT2D eigenvalue weighted by Crippen LogP contribution is 2.33. The predicted octanol–water partition coefficient (Wildman–Crippen LogP) is 2.59. The molecule has 0 unspecified atom stereocenters. The van der Waals surface area contributed by atoms with Gasteiger partial charge in [0.2, 0.25) is 10.0 Å². The quantitative estimate of drug-likeness (QED) is 0.930. The number of hydrogen-bond donors (Lipinski definition) is 1. The number of rotatable bonds is 3. The van der Waals surface area contributed by atoms with Crippen LogP contribution in [0.2, 0.25) is 5.02 Å².